The lowest BCUT2D eigenvalue weighted by Crippen LogP contribution is -2.28. The molecule has 0 amide bonds. The van der Waals surface area contributed by atoms with Crippen LogP contribution in [0.25, 0.3) is 0 Å². The molecule has 0 rings (SSSR count). The van der Waals surface area contributed by atoms with Crippen LogP contribution in [-0.4, -0.2) is 17.4 Å². The SMILES string of the molecule is CCCCCCCCCCCCNC(C)CC(C)Br. The lowest BCUT2D eigenvalue weighted by Gasteiger charge is -2.14. The molecule has 2 unspecified atom stereocenters. The molecule has 0 saturated carbocycles. The molecular weight excluding hydrogens is 298 g/mol. The second kappa shape index (κ2) is 14.8. The summed E-state index contributed by atoms with van der Waals surface area (Å²) < 4.78 is 0. The second-order valence-corrected chi connectivity index (χ2v) is 7.62. The van der Waals surface area contributed by atoms with E-state index in [1.165, 1.54) is 77.2 Å². The van der Waals surface area contributed by atoms with Gasteiger partial charge >= 0.3 is 0 Å². The molecule has 0 fully saturated rings. The molecule has 0 aromatic carbocycles. The normalized spacial score (nSPS) is 14.5. The third kappa shape index (κ3) is 16.4. The van der Waals surface area contributed by atoms with Gasteiger partial charge in [-0.2, -0.15) is 0 Å². The van der Waals surface area contributed by atoms with Gasteiger partial charge in [0.05, 0.1) is 0 Å². The van der Waals surface area contributed by atoms with E-state index in [0.717, 1.165) is 0 Å². The lowest BCUT2D eigenvalue weighted by atomic mass is 10.1. The quantitative estimate of drug-likeness (QED) is 0.301. The Balaban J connectivity index is 3.06. The van der Waals surface area contributed by atoms with Gasteiger partial charge in [-0.05, 0) is 26.3 Å². The van der Waals surface area contributed by atoms with Gasteiger partial charge in [-0.3, -0.25) is 0 Å². The van der Waals surface area contributed by atoms with Crippen molar-refractivity contribution in [2.24, 2.45) is 0 Å². The van der Waals surface area contributed by atoms with E-state index < -0.39 is 0 Å². The maximum absolute atomic E-state index is 3.61. The highest BCUT2D eigenvalue weighted by Gasteiger charge is 2.04. The van der Waals surface area contributed by atoms with Crippen molar-refractivity contribution in [2.45, 2.75) is 102 Å². The van der Waals surface area contributed by atoms with Crippen molar-refractivity contribution in [3.8, 4) is 0 Å². The molecular formula is C17H36BrN. The van der Waals surface area contributed by atoms with Crippen molar-refractivity contribution in [1.29, 1.82) is 0 Å². The second-order valence-electron chi connectivity index (χ2n) is 6.05. The van der Waals surface area contributed by atoms with Gasteiger partial charge in [-0.25, -0.2) is 0 Å². The topological polar surface area (TPSA) is 12.0 Å². The summed E-state index contributed by atoms with van der Waals surface area (Å²) in [5.41, 5.74) is 0. The molecule has 0 spiro atoms. The molecule has 0 aliphatic carbocycles. The van der Waals surface area contributed by atoms with Gasteiger partial charge in [0.1, 0.15) is 0 Å². The molecule has 2 heteroatoms. The molecule has 0 aliphatic heterocycles. The fraction of sp³-hybridized carbons (Fsp3) is 1.00. The lowest BCUT2D eigenvalue weighted by molar-refractivity contribution is 0.489. The van der Waals surface area contributed by atoms with E-state index in [1.54, 1.807) is 0 Å². The van der Waals surface area contributed by atoms with Crippen LogP contribution in [0.5, 0.6) is 0 Å². The average Bonchev–Trinajstić information content (AvgIpc) is 2.35. The van der Waals surface area contributed by atoms with Crippen LogP contribution in [-0.2, 0) is 0 Å². The molecule has 0 bridgehead atoms. The van der Waals surface area contributed by atoms with Gasteiger partial charge < -0.3 is 5.32 Å². The van der Waals surface area contributed by atoms with Crippen LogP contribution in [0.3, 0.4) is 0 Å². The van der Waals surface area contributed by atoms with Crippen LogP contribution in [0.15, 0.2) is 0 Å². The third-order valence-electron chi connectivity index (χ3n) is 3.70. The third-order valence-corrected chi connectivity index (χ3v) is 4.08. The molecule has 0 aliphatic rings. The smallest absolute Gasteiger partial charge is 0.0132 e. The minimum atomic E-state index is 0.628. The van der Waals surface area contributed by atoms with Crippen molar-refractivity contribution in [1.82, 2.24) is 5.32 Å². The summed E-state index contributed by atoms with van der Waals surface area (Å²) in [7, 11) is 0. The van der Waals surface area contributed by atoms with Crippen LogP contribution in [0.1, 0.15) is 91.4 Å². The molecule has 116 valence electrons. The minimum Gasteiger partial charge on any atom is -0.314 e. The zero-order valence-electron chi connectivity index (χ0n) is 13.5. The molecule has 0 aromatic rings. The number of unbranched alkanes of at least 4 members (excludes halogenated alkanes) is 9. The Labute approximate surface area is 130 Å². The van der Waals surface area contributed by atoms with Gasteiger partial charge in [0.2, 0.25) is 0 Å². The first kappa shape index (κ1) is 19.4. The Morgan fingerprint density at radius 1 is 0.789 bits per heavy atom. The minimum absolute atomic E-state index is 0.628. The Morgan fingerprint density at radius 2 is 1.26 bits per heavy atom. The molecule has 19 heavy (non-hydrogen) atoms. The first-order chi connectivity index (χ1) is 9.16. The predicted octanol–water partition coefficient (Wildman–Crippen LogP) is 6.06. The van der Waals surface area contributed by atoms with E-state index in [0.29, 0.717) is 10.9 Å². The fourth-order valence-corrected chi connectivity index (χ4v) is 3.09. The number of hydrogen-bond donors (Lipinski definition) is 1. The van der Waals surface area contributed by atoms with E-state index >= 15 is 0 Å². The number of rotatable bonds is 14. The zero-order valence-corrected chi connectivity index (χ0v) is 15.1. The summed E-state index contributed by atoms with van der Waals surface area (Å²) in [6.45, 7) is 7.98. The first-order valence-electron chi connectivity index (χ1n) is 8.54. The van der Waals surface area contributed by atoms with Gasteiger partial charge in [-0.1, -0.05) is 87.6 Å². The van der Waals surface area contributed by atoms with Crippen LogP contribution in [0, 0.1) is 0 Å². The molecule has 2 atom stereocenters. The van der Waals surface area contributed by atoms with E-state index in [-0.39, 0.29) is 0 Å². The highest BCUT2D eigenvalue weighted by molar-refractivity contribution is 9.09. The summed E-state index contributed by atoms with van der Waals surface area (Å²) in [4.78, 5) is 0.628. The summed E-state index contributed by atoms with van der Waals surface area (Å²) in [6, 6.07) is 0.646. The number of halogens is 1. The Kier molecular flexibility index (Phi) is 15.2. The molecule has 0 radical (unpaired) electrons. The molecule has 1 N–H and O–H groups in total. The number of hydrogen-bond acceptors (Lipinski definition) is 1. The first-order valence-corrected chi connectivity index (χ1v) is 9.45. The average molecular weight is 334 g/mol. The van der Waals surface area contributed by atoms with E-state index in [1.807, 2.05) is 0 Å². The maximum Gasteiger partial charge on any atom is 0.0132 e. The van der Waals surface area contributed by atoms with Crippen LogP contribution in [0.4, 0.5) is 0 Å². The molecule has 1 nitrogen and oxygen atoms in total. The highest BCUT2D eigenvalue weighted by Crippen LogP contribution is 2.10. The number of alkyl halides is 1. The van der Waals surface area contributed by atoms with Gasteiger partial charge in [0.25, 0.3) is 0 Å². The summed E-state index contributed by atoms with van der Waals surface area (Å²) in [5.74, 6) is 0. The van der Waals surface area contributed by atoms with Gasteiger partial charge in [-0.15, -0.1) is 0 Å². The van der Waals surface area contributed by atoms with Crippen molar-refractivity contribution >= 4 is 15.9 Å². The van der Waals surface area contributed by atoms with Crippen LogP contribution in [0.2, 0.25) is 0 Å². The van der Waals surface area contributed by atoms with Crippen molar-refractivity contribution in [2.75, 3.05) is 6.54 Å². The van der Waals surface area contributed by atoms with Gasteiger partial charge in [0, 0.05) is 10.9 Å². The monoisotopic (exact) mass is 333 g/mol. The summed E-state index contributed by atoms with van der Waals surface area (Å²) >= 11 is 3.61. The van der Waals surface area contributed by atoms with Gasteiger partial charge in [0.15, 0.2) is 0 Å². The number of nitrogens with one attached hydrogen (secondary N) is 1. The molecule has 0 saturated heterocycles. The highest BCUT2D eigenvalue weighted by atomic mass is 79.9. The summed E-state index contributed by atoms with van der Waals surface area (Å²) in [6.07, 6.45) is 15.4. The fourth-order valence-electron chi connectivity index (χ4n) is 2.53. The molecule has 0 aromatic heterocycles. The Bertz CT molecular complexity index is 171. The Hall–Kier alpha value is 0.440. The van der Waals surface area contributed by atoms with Crippen molar-refractivity contribution < 1.29 is 0 Å². The zero-order chi connectivity index (χ0) is 14.3. The standard InChI is InChI=1S/C17H36BrN/c1-4-5-6-7-8-9-10-11-12-13-14-19-17(3)15-16(2)18/h16-17,19H,4-15H2,1-3H3. The van der Waals surface area contributed by atoms with Crippen LogP contribution >= 0.6 is 15.9 Å². The van der Waals surface area contributed by atoms with Crippen molar-refractivity contribution in [3.63, 3.8) is 0 Å². The predicted molar refractivity (Wildman–Crippen MR) is 92.3 cm³/mol. The summed E-state index contributed by atoms with van der Waals surface area (Å²) in [5, 5.41) is 3.61. The Morgan fingerprint density at radius 3 is 1.74 bits per heavy atom. The van der Waals surface area contributed by atoms with E-state index in [4.69, 9.17) is 0 Å². The van der Waals surface area contributed by atoms with Crippen molar-refractivity contribution in [3.05, 3.63) is 0 Å². The maximum atomic E-state index is 3.61. The largest absolute Gasteiger partial charge is 0.314 e. The molecule has 0 heterocycles. The van der Waals surface area contributed by atoms with E-state index in [9.17, 15) is 0 Å². The van der Waals surface area contributed by atoms with E-state index in [2.05, 4.69) is 42.0 Å². The van der Waals surface area contributed by atoms with Crippen LogP contribution < -0.4 is 5.32 Å².